The highest BCUT2D eigenvalue weighted by atomic mass is 35.5. The van der Waals surface area contributed by atoms with Crippen LogP contribution in [0.5, 0.6) is 0 Å². The highest BCUT2D eigenvalue weighted by Crippen LogP contribution is 2.38. The van der Waals surface area contributed by atoms with Gasteiger partial charge in [-0.3, -0.25) is 0 Å². The predicted octanol–water partition coefficient (Wildman–Crippen LogP) is 5.95. The lowest BCUT2D eigenvalue weighted by Gasteiger charge is -2.08. The molecule has 0 aliphatic heterocycles. The molecule has 0 unspecified atom stereocenters. The van der Waals surface area contributed by atoms with Gasteiger partial charge in [-0.15, -0.1) is 0 Å². The highest BCUT2D eigenvalue weighted by Gasteiger charge is 2.09. The Morgan fingerprint density at radius 3 is 2.00 bits per heavy atom. The second-order valence-electron chi connectivity index (χ2n) is 3.86. The molecule has 0 saturated heterocycles. The molecule has 3 aromatic carbocycles. The molecule has 3 heteroatoms. The molecular weight excluding hydrogens is 275 g/mol. The average molecular weight is 282 g/mol. The van der Waals surface area contributed by atoms with Gasteiger partial charge >= 0.3 is 0 Å². The zero-order chi connectivity index (χ0) is 12.0. The molecule has 0 aromatic heterocycles. The van der Waals surface area contributed by atoms with Crippen molar-refractivity contribution >= 4 is 56.3 Å². The quantitative estimate of drug-likeness (QED) is 0.446. The summed E-state index contributed by atoms with van der Waals surface area (Å²) in [6.07, 6.45) is 0. The molecule has 0 saturated carbocycles. The van der Waals surface area contributed by atoms with Crippen LogP contribution in [0, 0.1) is 0 Å². The molecule has 84 valence electrons. The summed E-state index contributed by atoms with van der Waals surface area (Å²) in [5, 5.41) is 5.78. The highest BCUT2D eigenvalue weighted by molar-refractivity contribution is 6.48. The van der Waals surface area contributed by atoms with Gasteiger partial charge in [0.2, 0.25) is 0 Å². The lowest BCUT2D eigenvalue weighted by Crippen LogP contribution is -1.81. The van der Waals surface area contributed by atoms with Crippen LogP contribution in [0.15, 0.2) is 42.5 Å². The molecule has 0 heterocycles. The lowest BCUT2D eigenvalue weighted by atomic mass is 10.0. The van der Waals surface area contributed by atoms with Crippen molar-refractivity contribution in [2.45, 2.75) is 0 Å². The van der Waals surface area contributed by atoms with Crippen molar-refractivity contribution in [3.63, 3.8) is 0 Å². The first-order chi connectivity index (χ1) is 8.18. The second kappa shape index (κ2) is 4.06. The summed E-state index contributed by atoms with van der Waals surface area (Å²) >= 11 is 18.6. The molecular formula is C14H7Cl3. The van der Waals surface area contributed by atoms with Crippen molar-refractivity contribution in [1.82, 2.24) is 0 Å². The van der Waals surface area contributed by atoms with Gasteiger partial charge in [-0.1, -0.05) is 65.1 Å². The standard InChI is InChI=1S/C14H7Cl3/c15-10-3-1-2-8-4-5-9-6-7-11(16)14(17)13(9)12(8)10/h1-7H. The van der Waals surface area contributed by atoms with E-state index in [0.29, 0.717) is 15.1 Å². The summed E-state index contributed by atoms with van der Waals surface area (Å²) in [6, 6.07) is 13.6. The Morgan fingerprint density at radius 1 is 0.588 bits per heavy atom. The maximum atomic E-state index is 6.29. The molecule has 0 nitrogen and oxygen atoms in total. The van der Waals surface area contributed by atoms with Gasteiger partial charge in [0.05, 0.1) is 10.0 Å². The summed E-state index contributed by atoms with van der Waals surface area (Å²) in [7, 11) is 0. The van der Waals surface area contributed by atoms with Gasteiger partial charge in [-0.05, 0) is 22.9 Å². The molecule has 3 aromatic rings. The molecule has 0 aliphatic rings. The van der Waals surface area contributed by atoms with Gasteiger partial charge in [0.15, 0.2) is 0 Å². The third kappa shape index (κ3) is 1.68. The van der Waals surface area contributed by atoms with E-state index in [4.69, 9.17) is 34.8 Å². The first-order valence-electron chi connectivity index (χ1n) is 5.13. The molecule has 0 amide bonds. The van der Waals surface area contributed by atoms with Crippen LogP contribution < -0.4 is 0 Å². The molecule has 3 rings (SSSR count). The first kappa shape index (κ1) is 11.2. The summed E-state index contributed by atoms with van der Waals surface area (Å²) < 4.78 is 0. The average Bonchev–Trinajstić information content (AvgIpc) is 2.34. The van der Waals surface area contributed by atoms with E-state index in [9.17, 15) is 0 Å². The molecule has 0 N–H and O–H groups in total. The Morgan fingerprint density at radius 2 is 1.24 bits per heavy atom. The van der Waals surface area contributed by atoms with Crippen molar-refractivity contribution in [1.29, 1.82) is 0 Å². The Hall–Kier alpha value is -0.950. The topological polar surface area (TPSA) is 0 Å². The van der Waals surface area contributed by atoms with E-state index < -0.39 is 0 Å². The van der Waals surface area contributed by atoms with Gasteiger partial charge in [0.25, 0.3) is 0 Å². The van der Waals surface area contributed by atoms with Crippen LogP contribution in [0.3, 0.4) is 0 Å². The number of fused-ring (bicyclic) bond motifs is 3. The minimum absolute atomic E-state index is 0.548. The first-order valence-corrected chi connectivity index (χ1v) is 6.27. The van der Waals surface area contributed by atoms with E-state index in [1.165, 1.54) is 0 Å². The van der Waals surface area contributed by atoms with Crippen LogP contribution >= 0.6 is 34.8 Å². The number of halogens is 3. The summed E-state index contributed by atoms with van der Waals surface area (Å²) in [5.74, 6) is 0. The normalized spacial score (nSPS) is 11.2. The van der Waals surface area contributed by atoms with Crippen molar-refractivity contribution in [2.75, 3.05) is 0 Å². The van der Waals surface area contributed by atoms with E-state index >= 15 is 0 Å². The third-order valence-electron chi connectivity index (χ3n) is 2.87. The monoisotopic (exact) mass is 280 g/mol. The van der Waals surface area contributed by atoms with E-state index in [1.807, 2.05) is 36.4 Å². The lowest BCUT2D eigenvalue weighted by molar-refractivity contribution is 1.76. The molecule has 17 heavy (non-hydrogen) atoms. The van der Waals surface area contributed by atoms with Crippen LogP contribution in [0.4, 0.5) is 0 Å². The maximum Gasteiger partial charge on any atom is 0.0677 e. The smallest absolute Gasteiger partial charge is 0.0677 e. The SMILES string of the molecule is Clc1ccc2ccc3cccc(Cl)c3c2c1Cl. The van der Waals surface area contributed by atoms with Gasteiger partial charge in [-0.2, -0.15) is 0 Å². The minimum Gasteiger partial charge on any atom is -0.0836 e. The number of benzene rings is 3. The van der Waals surface area contributed by atoms with Gasteiger partial charge in [0, 0.05) is 15.8 Å². The van der Waals surface area contributed by atoms with E-state index in [-0.39, 0.29) is 0 Å². The molecule has 0 atom stereocenters. The number of hydrogen-bond acceptors (Lipinski definition) is 0. The van der Waals surface area contributed by atoms with Crippen molar-refractivity contribution < 1.29 is 0 Å². The van der Waals surface area contributed by atoms with Crippen LogP contribution in [0.2, 0.25) is 15.1 Å². The van der Waals surface area contributed by atoms with E-state index in [1.54, 1.807) is 6.07 Å². The third-order valence-corrected chi connectivity index (χ3v) is 3.98. The van der Waals surface area contributed by atoms with Crippen molar-refractivity contribution in [2.24, 2.45) is 0 Å². The van der Waals surface area contributed by atoms with Crippen molar-refractivity contribution in [3.8, 4) is 0 Å². The zero-order valence-electron chi connectivity index (χ0n) is 8.68. The Labute approximate surface area is 114 Å². The molecule has 0 fully saturated rings. The van der Waals surface area contributed by atoms with Crippen LogP contribution in [0.25, 0.3) is 21.5 Å². The predicted molar refractivity (Wildman–Crippen MR) is 76.5 cm³/mol. The van der Waals surface area contributed by atoms with Crippen molar-refractivity contribution in [3.05, 3.63) is 57.5 Å². The van der Waals surface area contributed by atoms with Gasteiger partial charge < -0.3 is 0 Å². The molecule has 0 aliphatic carbocycles. The Kier molecular flexibility index (Phi) is 2.67. The fourth-order valence-electron chi connectivity index (χ4n) is 2.08. The molecule has 0 radical (unpaired) electrons. The van der Waals surface area contributed by atoms with E-state index in [0.717, 1.165) is 21.5 Å². The Bertz CT molecular complexity index is 732. The van der Waals surface area contributed by atoms with Crippen LogP contribution in [-0.4, -0.2) is 0 Å². The number of rotatable bonds is 0. The van der Waals surface area contributed by atoms with Crippen LogP contribution in [-0.2, 0) is 0 Å². The fourth-order valence-corrected chi connectivity index (χ4v) is 2.78. The Balaban J connectivity index is 2.67. The second-order valence-corrected chi connectivity index (χ2v) is 5.06. The fraction of sp³-hybridized carbons (Fsp3) is 0. The summed E-state index contributed by atoms with van der Waals surface area (Å²) in [4.78, 5) is 0. The summed E-state index contributed by atoms with van der Waals surface area (Å²) in [6.45, 7) is 0. The van der Waals surface area contributed by atoms with Gasteiger partial charge in [-0.25, -0.2) is 0 Å². The van der Waals surface area contributed by atoms with Gasteiger partial charge in [0.1, 0.15) is 0 Å². The zero-order valence-corrected chi connectivity index (χ0v) is 10.9. The summed E-state index contributed by atoms with van der Waals surface area (Å²) in [5.41, 5.74) is 0. The largest absolute Gasteiger partial charge is 0.0836 e. The maximum absolute atomic E-state index is 6.29. The molecule has 0 spiro atoms. The minimum atomic E-state index is 0.548. The molecule has 0 bridgehead atoms. The van der Waals surface area contributed by atoms with E-state index in [2.05, 4.69) is 0 Å². The van der Waals surface area contributed by atoms with Crippen LogP contribution in [0.1, 0.15) is 0 Å². The number of hydrogen-bond donors (Lipinski definition) is 0.